The van der Waals surface area contributed by atoms with E-state index in [0.29, 0.717) is 6.42 Å². The fourth-order valence-corrected chi connectivity index (χ4v) is 2.17. The van der Waals surface area contributed by atoms with Crippen LogP contribution in [0.25, 0.3) is 6.08 Å². The molecule has 0 aromatic heterocycles. The van der Waals surface area contributed by atoms with Crippen LogP contribution in [0.4, 0.5) is 0 Å². The molecule has 0 bridgehead atoms. The Bertz CT molecular complexity index is 614. The van der Waals surface area contributed by atoms with Crippen molar-refractivity contribution in [3.05, 3.63) is 71.8 Å². The summed E-state index contributed by atoms with van der Waals surface area (Å²) in [5.41, 5.74) is 1.80. The maximum Gasteiger partial charge on any atom is 0.166 e. The normalized spacial score (nSPS) is 16.5. The lowest BCUT2D eigenvalue weighted by molar-refractivity contribution is 0.0935. The van der Waals surface area contributed by atoms with Crippen LogP contribution in [-0.2, 0) is 0 Å². The summed E-state index contributed by atoms with van der Waals surface area (Å²) in [4.78, 5) is 12.1. The van der Waals surface area contributed by atoms with E-state index in [1.807, 2.05) is 66.7 Å². The zero-order valence-electron chi connectivity index (χ0n) is 10.5. The Balaban J connectivity index is 1.72. The first-order valence-electron chi connectivity index (χ1n) is 6.35. The van der Waals surface area contributed by atoms with E-state index >= 15 is 0 Å². The average Bonchev–Trinajstić information content (AvgIpc) is 2.48. The van der Waals surface area contributed by atoms with Crippen LogP contribution in [-0.4, -0.2) is 11.9 Å². The van der Waals surface area contributed by atoms with E-state index in [1.54, 1.807) is 0 Å². The average molecular weight is 250 g/mol. The van der Waals surface area contributed by atoms with Gasteiger partial charge in [0.25, 0.3) is 0 Å². The fourth-order valence-electron chi connectivity index (χ4n) is 2.17. The molecule has 94 valence electrons. The van der Waals surface area contributed by atoms with Gasteiger partial charge in [-0.3, -0.25) is 4.79 Å². The van der Waals surface area contributed by atoms with Gasteiger partial charge in [-0.25, -0.2) is 0 Å². The summed E-state index contributed by atoms with van der Waals surface area (Å²) in [5.74, 6) is 0.950. The fraction of sp³-hybridized carbons (Fsp3) is 0.118. The third-order valence-corrected chi connectivity index (χ3v) is 3.17. The molecule has 0 fully saturated rings. The minimum absolute atomic E-state index is 0.106. The molecule has 0 saturated heterocycles. The number of benzene rings is 2. The summed E-state index contributed by atoms with van der Waals surface area (Å²) in [5, 5.41) is 0. The second-order valence-corrected chi connectivity index (χ2v) is 4.55. The van der Waals surface area contributed by atoms with Gasteiger partial charge in [0.05, 0.1) is 6.42 Å². The van der Waals surface area contributed by atoms with Crippen molar-refractivity contribution in [2.45, 2.75) is 12.5 Å². The number of hydrogen-bond donors (Lipinski definition) is 0. The molecule has 0 aliphatic carbocycles. The van der Waals surface area contributed by atoms with Gasteiger partial charge in [-0.1, -0.05) is 54.6 Å². The largest absolute Gasteiger partial charge is 0.485 e. The Hall–Kier alpha value is -2.35. The monoisotopic (exact) mass is 250 g/mol. The molecule has 3 rings (SSSR count). The van der Waals surface area contributed by atoms with Gasteiger partial charge in [-0.2, -0.15) is 0 Å². The van der Waals surface area contributed by atoms with Crippen molar-refractivity contribution in [3.63, 3.8) is 0 Å². The zero-order chi connectivity index (χ0) is 13.1. The maximum absolute atomic E-state index is 12.1. The maximum atomic E-state index is 12.1. The van der Waals surface area contributed by atoms with E-state index in [-0.39, 0.29) is 11.9 Å². The molecule has 0 unspecified atom stereocenters. The molecule has 2 aromatic rings. The number of hydrogen-bond acceptors (Lipinski definition) is 2. The van der Waals surface area contributed by atoms with E-state index in [1.165, 1.54) is 0 Å². The molecule has 0 spiro atoms. The van der Waals surface area contributed by atoms with Crippen molar-refractivity contribution in [1.29, 1.82) is 0 Å². The molecule has 1 heterocycles. The van der Waals surface area contributed by atoms with Crippen molar-refractivity contribution < 1.29 is 9.53 Å². The van der Waals surface area contributed by atoms with Crippen LogP contribution in [0.15, 0.2) is 60.7 Å². The lowest BCUT2D eigenvalue weighted by Crippen LogP contribution is -2.21. The minimum Gasteiger partial charge on any atom is -0.485 e. The highest BCUT2D eigenvalue weighted by Gasteiger charge is 2.18. The van der Waals surface area contributed by atoms with Gasteiger partial charge < -0.3 is 4.74 Å². The summed E-state index contributed by atoms with van der Waals surface area (Å²) in [6, 6.07) is 17.2. The Labute approximate surface area is 112 Å². The zero-order valence-corrected chi connectivity index (χ0v) is 10.5. The van der Waals surface area contributed by atoms with Crippen molar-refractivity contribution in [2.24, 2.45) is 0 Å². The molecular formula is C17H14O2. The number of Topliss-reactive ketones (excluding diaryl/α,β-unsaturated/α-hetero) is 1. The lowest BCUT2D eigenvalue weighted by atomic mass is 10.0. The first kappa shape index (κ1) is 11.7. The van der Waals surface area contributed by atoms with Crippen LogP contribution in [0.5, 0.6) is 5.75 Å². The summed E-state index contributed by atoms with van der Waals surface area (Å²) in [6.45, 7) is 0. The number of ether oxygens (including phenoxy) is 1. The van der Waals surface area contributed by atoms with E-state index in [9.17, 15) is 4.79 Å². The molecular weight excluding hydrogens is 236 g/mol. The van der Waals surface area contributed by atoms with Crippen LogP contribution >= 0.6 is 0 Å². The highest BCUT2D eigenvalue weighted by molar-refractivity contribution is 5.96. The first-order chi connectivity index (χ1) is 9.33. The van der Waals surface area contributed by atoms with Gasteiger partial charge in [0.2, 0.25) is 0 Å². The van der Waals surface area contributed by atoms with Crippen LogP contribution in [0.2, 0.25) is 0 Å². The van der Waals surface area contributed by atoms with E-state index in [4.69, 9.17) is 4.74 Å². The second kappa shape index (κ2) is 5.11. The smallest absolute Gasteiger partial charge is 0.166 e. The Morgan fingerprint density at radius 3 is 2.58 bits per heavy atom. The highest BCUT2D eigenvalue weighted by atomic mass is 16.5. The Kier molecular flexibility index (Phi) is 3.15. The third-order valence-electron chi connectivity index (χ3n) is 3.17. The highest BCUT2D eigenvalue weighted by Crippen LogP contribution is 2.26. The molecule has 0 N–H and O–H groups in total. The quantitative estimate of drug-likeness (QED) is 0.776. The molecule has 2 nitrogen and oxygen atoms in total. The van der Waals surface area contributed by atoms with E-state index < -0.39 is 0 Å². The van der Waals surface area contributed by atoms with Crippen LogP contribution < -0.4 is 4.74 Å². The van der Waals surface area contributed by atoms with Gasteiger partial charge in [0.15, 0.2) is 5.78 Å². The van der Waals surface area contributed by atoms with Gasteiger partial charge in [0, 0.05) is 11.1 Å². The molecule has 2 aromatic carbocycles. The number of carbonyl (C=O) groups excluding carboxylic acids is 1. The summed E-state index contributed by atoms with van der Waals surface area (Å²) < 4.78 is 5.82. The van der Waals surface area contributed by atoms with Gasteiger partial charge in [-0.15, -0.1) is 0 Å². The molecule has 1 aliphatic rings. The Morgan fingerprint density at radius 1 is 1.00 bits per heavy atom. The van der Waals surface area contributed by atoms with Crippen molar-refractivity contribution in [3.8, 4) is 5.75 Å². The minimum atomic E-state index is -0.178. The summed E-state index contributed by atoms with van der Waals surface area (Å²) >= 11 is 0. The van der Waals surface area contributed by atoms with Crippen molar-refractivity contribution in [2.75, 3.05) is 0 Å². The summed E-state index contributed by atoms with van der Waals surface area (Å²) in [7, 11) is 0. The van der Waals surface area contributed by atoms with E-state index in [2.05, 4.69) is 0 Å². The SMILES string of the molecule is O=C(C[C@H]1C=Cc2ccccc2O1)c1ccccc1. The van der Waals surface area contributed by atoms with Gasteiger partial charge in [-0.05, 0) is 12.1 Å². The lowest BCUT2D eigenvalue weighted by Gasteiger charge is -2.20. The first-order valence-corrected chi connectivity index (χ1v) is 6.35. The van der Waals surface area contributed by atoms with Gasteiger partial charge in [0.1, 0.15) is 11.9 Å². The number of fused-ring (bicyclic) bond motifs is 1. The number of rotatable bonds is 3. The predicted octanol–water partition coefficient (Wildman–Crippen LogP) is 3.73. The molecule has 1 aliphatic heterocycles. The van der Waals surface area contributed by atoms with Crippen LogP contribution in [0.1, 0.15) is 22.3 Å². The molecule has 2 heteroatoms. The molecule has 0 amide bonds. The Morgan fingerprint density at radius 2 is 1.74 bits per heavy atom. The van der Waals surface area contributed by atoms with Gasteiger partial charge >= 0.3 is 0 Å². The second-order valence-electron chi connectivity index (χ2n) is 4.55. The number of ketones is 1. The topological polar surface area (TPSA) is 26.3 Å². The predicted molar refractivity (Wildman–Crippen MR) is 75.3 cm³/mol. The number of para-hydroxylation sites is 1. The molecule has 0 radical (unpaired) electrons. The molecule has 19 heavy (non-hydrogen) atoms. The summed E-state index contributed by atoms with van der Waals surface area (Å²) in [6.07, 6.45) is 4.15. The number of carbonyl (C=O) groups is 1. The van der Waals surface area contributed by atoms with Crippen molar-refractivity contribution >= 4 is 11.9 Å². The standard InChI is InChI=1S/C17H14O2/c18-16(13-6-2-1-3-7-13)12-15-11-10-14-8-4-5-9-17(14)19-15/h1-11,15H,12H2/t15-/m1/s1. The molecule has 0 saturated carbocycles. The molecule has 1 atom stereocenters. The van der Waals surface area contributed by atoms with E-state index in [0.717, 1.165) is 16.9 Å². The third kappa shape index (κ3) is 2.58. The van der Waals surface area contributed by atoms with Crippen LogP contribution in [0, 0.1) is 0 Å². The van der Waals surface area contributed by atoms with Crippen molar-refractivity contribution in [1.82, 2.24) is 0 Å². The van der Waals surface area contributed by atoms with Crippen LogP contribution in [0.3, 0.4) is 0 Å².